The van der Waals surface area contributed by atoms with Gasteiger partial charge in [0.2, 0.25) is 0 Å². The molecule has 0 aliphatic heterocycles. The summed E-state index contributed by atoms with van der Waals surface area (Å²) in [6, 6.07) is 8.01. The molecule has 19 heavy (non-hydrogen) atoms. The van der Waals surface area contributed by atoms with Crippen LogP contribution in [0, 0.1) is 5.41 Å². The van der Waals surface area contributed by atoms with Crippen LogP contribution < -0.4 is 5.73 Å². The molecular weight excluding hydrogens is 258 g/mol. The Hall–Kier alpha value is -1.16. The number of carbonyl (C=O) groups excluding carboxylic acids is 1. The number of esters is 1. The largest absolute Gasteiger partial charge is 0.469 e. The van der Waals surface area contributed by atoms with E-state index < -0.39 is 0 Å². The van der Waals surface area contributed by atoms with Crippen LogP contribution in [-0.4, -0.2) is 24.6 Å². The lowest BCUT2D eigenvalue weighted by Gasteiger charge is -2.13. The van der Waals surface area contributed by atoms with Gasteiger partial charge in [0.15, 0.2) is 0 Å². The Morgan fingerprint density at radius 3 is 2.79 bits per heavy atom. The number of ether oxygens (including phenoxy) is 1. The molecule has 1 aliphatic carbocycles. The molecule has 4 heteroatoms. The van der Waals surface area contributed by atoms with Crippen molar-refractivity contribution in [2.24, 2.45) is 5.41 Å². The molecule has 2 rings (SSSR count). The minimum atomic E-state index is -0.0783. The molecule has 3 nitrogen and oxygen atoms in total. The van der Waals surface area contributed by atoms with Gasteiger partial charge in [-0.15, -0.1) is 0 Å². The summed E-state index contributed by atoms with van der Waals surface area (Å²) >= 11 is 1.92. The number of para-hydroxylation sites is 1. The topological polar surface area (TPSA) is 52.3 Å². The second kappa shape index (κ2) is 6.33. The smallest absolute Gasteiger partial charge is 0.306 e. The Labute approximate surface area is 118 Å². The molecule has 0 amide bonds. The zero-order valence-corrected chi connectivity index (χ0v) is 12.2. The lowest BCUT2D eigenvalue weighted by Crippen LogP contribution is -2.13. The second-order valence-corrected chi connectivity index (χ2v) is 6.36. The molecule has 0 spiro atoms. The molecule has 1 aliphatic rings. The Balaban J connectivity index is 1.70. The van der Waals surface area contributed by atoms with E-state index in [1.165, 1.54) is 12.7 Å². The lowest BCUT2D eigenvalue weighted by atomic mass is 10.1. The van der Waals surface area contributed by atoms with E-state index in [4.69, 9.17) is 10.5 Å². The number of nitrogen functional groups attached to an aromatic ring is 1. The van der Waals surface area contributed by atoms with Gasteiger partial charge in [-0.25, -0.2) is 0 Å². The highest BCUT2D eigenvalue weighted by Crippen LogP contribution is 2.51. The number of aryl methyl sites for hydroxylation is 1. The van der Waals surface area contributed by atoms with E-state index in [1.807, 2.05) is 30.0 Å². The molecule has 1 fully saturated rings. The first-order valence-corrected chi connectivity index (χ1v) is 7.79. The van der Waals surface area contributed by atoms with Crippen LogP contribution in [-0.2, 0) is 16.0 Å². The fraction of sp³-hybridized carbons (Fsp3) is 0.533. The number of hydrogen-bond donors (Lipinski definition) is 1. The Morgan fingerprint density at radius 2 is 2.16 bits per heavy atom. The van der Waals surface area contributed by atoms with Crippen LogP contribution in [0.25, 0.3) is 0 Å². The summed E-state index contributed by atoms with van der Waals surface area (Å²) in [4.78, 5) is 11.3. The maximum absolute atomic E-state index is 11.3. The fourth-order valence-electron chi connectivity index (χ4n) is 2.16. The fourth-order valence-corrected chi connectivity index (χ4v) is 3.49. The molecule has 104 valence electrons. The van der Waals surface area contributed by atoms with Gasteiger partial charge in [-0.3, -0.25) is 4.79 Å². The number of rotatable bonds is 7. The van der Waals surface area contributed by atoms with Gasteiger partial charge in [0.25, 0.3) is 0 Å². The normalized spacial score (nSPS) is 16.1. The van der Waals surface area contributed by atoms with Crippen molar-refractivity contribution in [3.8, 4) is 0 Å². The van der Waals surface area contributed by atoms with Crippen molar-refractivity contribution in [1.29, 1.82) is 0 Å². The SMILES string of the molecule is COC(=O)CC1(CSCCc2ccccc2N)CC1. The van der Waals surface area contributed by atoms with Gasteiger partial charge in [0, 0.05) is 5.69 Å². The van der Waals surface area contributed by atoms with Crippen molar-refractivity contribution in [2.75, 3.05) is 24.3 Å². The second-order valence-electron chi connectivity index (χ2n) is 5.25. The molecule has 0 heterocycles. The molecule has 1 aromatic carbocycles. The van der Waals surface area contributed by atoms with Crippen molar-refractivity contribution in [3.63, 3.8) is 0 Å². The van der Waals surface area contributed by atoms with Crippen LogP contribution in [0.5, 0.6) is 0 Å². The Morgan fingerprint density at radius 1 is 1.42 bits per heavy atom. The summed E-state index contributed by atoms with van der Waals surface area (Å²) in [5, 5.41) is 0. The molecular formula is C15H21NO2S. The van der Waals surface area contributed by atoms with E-state index in [2.05, 4.69) is 6.07 Å². The van der Waals surface area contributed by atoms with Crippen LogP contribution >= 0.6 is 11.8 Å². The first kappa shape index (κ1) is 14.3. The van der Waals surface area contributed by atoms with Gasteiger partial charge in [0.1, 0.15) is 0 Å². The van der Waals surface area contributed by atoms with Gasteiger partial charge in [-0.05, 0) is 47.8 Å². The Kier molecular flexibility index (Phi) is 4.75. The number of hydrogen-bond acceptors (Lipinski definition) is 4. The number of benzene rings is 1. The Bertz CT molecular complexity index is 444. The van der Waals surface area contributed by atoms with Crippen molar-refractivity contribution in [1.82, 2.24) is 0 Å². The number of carbonyl (C=O) groups is 1. The molecule has 2 N–H and O–H groups in total. The molecule has 0 saturated heterocycles. The van der Waals surface area contributed by atoms with Crippen molar-refractivity contribution in [3.05, 3.63) is 29.8 Å². The van der Waals surface area contributed by atoms with Gasteiger partial charge >= 0.3 is 5.97 Å². The lowest BCUT2D eigenvalue weighted by molar-refractivity contribution is -0.141. The zero-order valence-electron chi connectivity index (χ0n) is 11.4. The monoisotopic (exact) mass is 279 g/mol. The number of methoxy groups -OCH3 is 1. The standard InChI is InChI=1S/C15H21NO2S/c1-18-14(17)10-15(7-8-15)11-19-9-6-12-4-2-3-5-13(12)16/h2-5H,6-11,16H2,1H3. The van der Waals surface area contributed by atoms with Crippen LogP contribution in [0.15, 0.2) is 24.3 Å². The highest BCUT2D eigenvalue weighted by atomic mass is 32.2. The zero-order chi connectivity index (χ0) is 13.7. The van der Waals surface area contributed by atoms with Gasteiger partial charge in [-0.1, -0.05) is 18.2 Å². The number of thioether (sulfide) groups is 1. The average Bonchev–Trinajstić information content (AvgIpc) is 3.16. The molecule has 0 unspecified atom stereocenters. The molecule has 0 radical (unpaired) electrons. The molecule has 0 bridgehead atoms. The van der Waals surface area contributed by atoms with E-state index in [1.54, 1.807) is 0 Å². The van der Waals surface area contributed by atoms with Gasteiger partial charge < -0.3 is 10.5 Å². The number of anilines is 1. The summed E-state index contributed by atoms with van der Waals surface area (Å²) in [5.41, 5.74) is 8.23. The summed E-state index contributed by atoms with van der Waals surface area (Å²) in [6.45, 7) is 0. The predicted octanol–water partition coefficient (Wildman–Crippen LogP) is 2.89. The first-order chi connectivity index (χ1) is 9.15. The quantitative estimate of drug-likeness (QED) is 0.474. The van der Waals surface area contributed by atoms with Crippen molar-refractivity contribution < 1.29 is 9.53 Å². The average molecular weight is 279 g/mol. The van der Waals surface area contributed by atoms with Crippen LogP contribution in [0.4, 0.5) is 5.69 Å². The molecule has 0 aromatic heterocycles. The molecule has 1 saturated carbocycles. The van der Waals surface area contributed by atoms with Crippen LogP contribution in [0.3, 0.4) is 0 Å². The summed E-state index contributed by atoms with van der Waals surface area (Å²) in [5.74, 6) is 2.02. The van der Waals surface area contributed by atoms with Crippen LogP contribution in [0.1, 0.15) is 24.8 Å². The highest BCUT2D eigenvalue weighted by molar-refractivity contribution is 7.99. The first-order valence-electron chi connectivity index (χ1n) is 6.63. The van der Waals surface area contributed by atoms with Gasteiger partial charge in [0.05, 0.1) is 13.5 Å². The third kappa shape index (κ3) is 4.16. The highest BCUT2D eigenvalue weighted by Gasteiger charge is 2.44. The third-order valence-corrected chi connectivity index (χ3v) is 4.99. The maximum atomic E-state index is 11.3. The third-order valence-electron chi connectivity index (χ3n) is 3.68. The van der Waals surface area contributed by atoms with E-state index in [-0.39, 0.29) is 11.4 Å². The van der Waals surface area contributed by atoms with E-state index in [0.717, 1.165) is 36.5 Å². The summed E-state index contributed by atoms with van der Waals surface area (Å²) < 4.78 is 4.75. The minimum Gasteiger partial charge on any atom is -0.469 e. The van der Waals surface area contributed by atoms with E-state index >= 15 is 0 Å². The van der Waals surface area contributed by atoms with Crippen LogP contribution in [0.2, 0.25) is 0 Å². The van der Waals surface area contributed by atoms with Crippen molar-refractivity contribution >= 4 is 23.4 Å². The predicted molar refractivity (Wildman–Crippen MR) is 80.2 cm³/mol. The van der Waals surface area contributed by atoms with E-state index in [9.17, 15) is 4.79 Å². The number of nitrogens with two attached hydrogens (primary N) is 1. The summed E-state index contributed by atoms with van der Waals surface area (Å²) in [7, 11) is 1.46. The van der Waals surface area contributed by atoms with E-state index in [0.29, 0.717) is 6.42 Å². The minimum absolute atomic E-state index is 0.0783. The molecule has 0 atom stereocenters. The van der Waals surface area contributed by atoms with Crippen molar-refractivity contribution in [2.45, 2.75) is 25.7 Å². The van der Waals surface area contributed by atoms with Gasteiger partial charge in [-0.2, -0.15) is 11.8 Å². The maximum Gasteiger partial charge on any atom is 0.306 e. The molecule has 1 aromatic rings. The summed E-state index contributed by atoms with van der Waals surface area (Å²) in [6.07, 6.45) is 3.88.